The number of nitrogens with one attached hydrogen (secondary N) is 1. The maximum Gasteiger partial charge on any atom is 0.0992 e. The first-order chi connectivity index (χ1) is 9.22. The van der Waals surface area contributed by atoms with Crippen molar-refractivity contribution in [2.24, 2.45) is 0 Å². The van der Waals surface area contributed by atoms with E-state index in [4.69, 9.17) is 22.1 Å². The number of rotatable bonds is 3. The summed E-state index contributed by atoms with van der Waals surface area (Å²) < 4.78 is 0. The molecule has 0 saturated heterocycles. The molecule has 19 heavy (non-hydrogen) atoms. The number of nitriles is 2. The summed E-state index contributed by atoms with van der Waals surface area (Å²) in [5.74, 6) is 0. The molecule has 92 valence electrons. The molecule has 1 N–H and O–H groups in total. The SMILES string of the molecule is N#Cc1ccc(NCc2ccc(C#N)cc2Cl)cc1. The molecule has 2 aromatic carbocycles. The summed E-state index contributed by atoms with van der Waals surface area (Å²) in [5.41, 5.74) is 3.01. The van der Waals surface area contributed by atoms with E-state index in [0.717, 1.165) is 11.3 Å². The van der Waals surface area contributed by atoms with Crippen molar-refractivity contribution in [1.29, 1.82) is 10.5 Å². The van der Waals surface area contributed by atoms with Gasteiger partial charge in [0.25, 0.3) is 0 Å². The summed E-state index contributed by atoms with van der Waals surface area (Å²) in [4.78, 5) is 0. The largest absolute Gasteiger partial charge is 0.381 e. The molecule has 0 aliphatic carbocycles. The van der Waals surface area contributed by atoms with E-state index in [-0.39, 0.29) is 0 Å². The molecule has 0 aromatic heterocycles. The lowest BCUT2D eigenvalue weighted by Gasteiger charge is -2.08. The summed E-state index contributed by atoms with van der Waals surface area (Å²) in [6.07, 6.45) is 0. The lowest BCUT2D eigenvalue weighted by molar-refractivity contribution is 1.15. The maximum atomic E-state index is 8.76. The number of hydrogen-bond acceptors (Lipinski definition) is 3. The van der Waals surface area contributed by atoms with Crippen LogP contribution in [0.4, 0.5) is 5.69 Å². The fraction of sp³-hybridized carbons (Fsp3) is 0.0667. The van der Waals surface area contributed by atoms with Gasteiger partial charge in [0, 0.05) is 17.3 Å². The van der Waals surface area contributed by atoms with Crippen molar-refractivity contribution in [1.82, 2.24) is 0 Å². The third kappa shape index (κ3) is 3.25. The minimum atomic E-state index is 0.548. The average molecular weight is 268 g/mol. The van der Waals surface area contributed by atoms with Gasteiger partial charge in [0.15, 0.2) is 0 Å². The van der Waals surface area contributed by atoms with Crippen LogP contribution in [0.3, 0.4) is 0 Å². The number of hydrogen-bond donors (Lipinski definition) is 1. The first-order valence-corrected chi connectivity index (χ1v) is 6.03. The van der Waals surface area contributed by atoms with Crippen LogP contribution in [0.15, 0.2) is 42.5 Å². The van der Waals surface area contributed by atoms with Gasteiger partial charge in [-0.15, -0.1) is 0 Å². The van der Waals surface area contributed by atoms with Crippen LogP contribution in [0, 0.1) is 22.7 Å². The van der Waals surface area contributed by atoms with Crippen LogP contribution >= 0.6 is 11.6 Å². The first kappa shape index (κ1) is 13.0. The van der Waals surface area contributed by atoms with E-state index in [2.05, 4.69) is 11.4 Å². The molecular formula is C15H10ClN3. The Bertz CT molecular complexity index is 663. The van der Waals surface area contributed by atoms with Crippen LogP contribution in [0.2, 0.25) is 5.02 Å². The van der Waals surface area contributed by atoms with E-state index in [1.54, 1.807) is 24.3 Å². The summed E-state index contributed by atoms with van der Waals surface area (Å²) in [6, 6.07) is 16.5. The van der Waals surface area contributed by atoms with Gasteiger partial charge >= 0.3 is 0 Å². The zero-order valence-electron chi connectivity index (χ0n) is 10.0. The predicted octanol–water partition coefficient (Wildman–Crippen LogP) is 3.70. The van der Waals surface area contributed by atoms with E-state index < -0.39 is 0 Å². The summed E-state index contributed by atoms with van der Waals surface area (Å²) in [6.45, 7) is 0.566. The molecule has 0 amide bonds. The monoisotopic (exact) mass is 267 g/mol. The zero-order valence-corrected chi connectivity index (χ0v) is 10.8. The molecule has 0 aliphatic rings. The first-order valence-electron chi connectivity index (χ1n) is 5.65. The van der Waals surface area contributed by atoms with E-state index in [0.29, 0.717) is 22.7 Å². The van der Waals surface area contributed by atoms with Gasteiger partial charge in [-0.05, 0) is 42.0 Å². The number of anilines is 1. The lowest BCUT2D eigenvalue weighted by atomic mass is 10.1. The standard InChI is InChI=1S/C15H10ClN3/c16-15-7-12(9-18)1-4-13(15)10-19-14-5-2-11(8-17)3-6-14/h1-7,19H,10H2. The molecule has 0 saturated carbocycles. The molecule has 0 heterocycles. The lowest BCUT2D eigenvalue weighted by Crippen LogP contribution is -2.00. The van der Waals surface area contributed by atoms with Gasteiger partial charge in [0.1, 0.15) is 0 Å². The molecule has 3 nitrogen and oxygen atoms in total. The fourth-order valence-electron chi connectivity index (χ4n) is 1.62. The Hall–Kier alpha value is -2.49. The molecule has 2 aromatic rings. The third-order valence-corrected chi connectivity index (χ3v) is 3.03. The Kier molecular flexibility index (Phi) is 4.03. The zero-order chi connectivity index (χ0) is 13.7. The second-order valence-corrected chi connectivity index (χ2v) is 4.37. The normalized spacial score (nSPS) is 9.42. The van der Waals surface area contributed by atoms with Crippen molar-refractivity contribution in [3.63, 3.8) is 0 Å². The van der Waals surface area contributed by atoms with Crippen molar-refractivity contribution in [2.75, 3.05) is 5.32 Å². The van der Waals surface area contributed by atoms with Gasteiger partial charge in [0.05, 0.1) is 23.3 Å². The molecule has 2 rings (SSSR count). The summed E-state index contributed by atoms with van der Waals surface area (Å²) in [7, 11) is 0. The highest BCUT2D eigenvalue weighted by atomic mass is 35.5. The summed E-state index contributed by atoms with van der Waals surface area (Å²) in [5, 5.41) is 21.3. The van der Waals surface area contributed by atoms with Crippen LogP contribution < -0.4 is 5.32 Å². The fourth-order valence-corrected chi connectivity index (χ4v) is 1.87. The molecule has 0 radical (unpaired) electrons. The van der Waals surface area contributed by atoms with Crippen molar-refractivity contribution < 1.29 is 0 Å². The topological polar surface area (TPSA) is 59.6 Å². The Labute approximate surface area is 116 Å². The Morgan fingerprint density at radius 2 is 1.58 bits per heavy atom. The van der Waals surface area contributed by atoms with Crippen molar-refractivity contribution in [3.05, 3.63) is 64.2 Å². The van der Waals surface area contributed by atoms with Crippen molar-refractivity contribution >= 4 is 17.3 Å². The predicted molar refractivity (Wildman–Crippen MR) is 74.7 cm³/mol. The molecule has 0 spiro atoms. The third-order valence-electron chi connectivity index (χ3n) is 2.68. The van der Waals surface area contributed by atoms with Crippen molar-refractivity contribution in [2.45, 2.75) is 6.54 Å². The maximum absolute atomic E-state index is 8.76. The highest BCUT2D eigenvalue weighted by Gasteiger charge is 2.02. The minimum Gasteiger partial charge on any atom is -0.381 e. The number of benzene rings is 2. The average Bonchev–Trinajstić information content (AvgIpc) is 2.46. The van der Waals surface area contributed by atoms with E-state index >= 15 is 0 Å². The van der Waals surface area contributed by atoms with Crippen molar-refractivity contribution in [3.8, 4) is 12.1 Å². The van der Waals surface area contributed by atoms with Crippen LogP contribution in [-0.2, 0) is 6.54 Å². The molecule has 0 bridgehead atoms. The van der Waals surface area contributed by atoms with Gasteiger partial charge in [-0.2, -0.15) is 10.5 Å². The quantitative estimate of drug-likeness (QED) is 0.922. The van der Waals surface area contributed by atoms with Gasteiger partial charge in [-0.3, -0.25) is 0 Å². The van der Waals surface area contributed by atoms with Gasteiger partial charge < -0.3 is 5.32 Å². The smallest absolute Gasteiger partial charge is 0.0992 e. The molecule has 4 heteroatoms. The minimum absolute atomic E-state index is 0.548. The highest BCUT2D eigenvalue weighted by molar-refractivity contribution is 6.31. The van der Waals surface area contributed by atoms with Gasteiger partial charge in [-0.1, -0.05) is 17.7 Å². The second kappa shape index (κ2) is 5.91. The van der Waals surface area contributed by atoms with Crippen LogP contribution in [0.25, 0.3) is 0 Å². The Morgan fingerprint density at radius 3 is 2.16 bits per heavy atom. The number of nitrogens with zero attached hydrogens (tertiary/aromatic N) is 2. The molecule has 0 atom stereocenters. The van der Waals surface area contributed by atoms with Crippen LogP contribution in [0.1, 0.15) is 16.7 Å². The molecule has 0 aliphatic heterocycles. The second-order valence-electron chi connectivity index (χ2n) is 3.96. The van der Waals surface area contributed by atoms with Gasteiger partial charge in [0.2, 0.25) is 0 Å². The highest BCUT2D eigenvalue weighted by Crippen LogP contribution is 2.19. The molecular weight excluding hydrogens is 258 g/mol. The van der Waals surface area contributed by atoms with Gasteiger partial charge in [-0.25, -0.2) is 0 Å². The summed E-state index contributed by atoms with van der Waals surface area (Å²) >= 11 is 6.09. The van der Waals surface area contributed by atoms with E-state index in [1.165, 1.54) is 0 Å². The van der Waals surface area contributed by atoms with Crippen LogP contribution in [0.5, 0.6) is 0 Å². The van der Waals surface area contributed by atoms with Crippen LogP contribution in [-0.4, -0.2) is 0 Å². The van der Waals surface area contributed by atoms with E-state index in [1.807, 2.05) is 24.3 Å². The number of halogens is 1. The van der Waals surface area contributed by atoms with E-state index in [9.17, 15) is 0 Å². The molecule has 0 unspecified atom stereocenters. The Balaban J connectivity index is 2.06. The molecule has 0 fully saturated rings. The Morgan fingerprint density at radius 1 is 0.947 bits per heavy atom.